The summed E-state index contributed by atoms with van der Waals surface area (Å²) in [5, 5.41) is 0. The molecule has 0 N–H and O–H groups in total. The number of fused-ring (bicyclic) bond motifs is 10. The monoisotopic (exact) mass is 282 g/mol. The molecule has 17 heavy (non-hydrogen) atoms. The SMILES string of the molecule is C[Si](C)(C)C#C[C]12[CH]3[CH]4[CH]5[CH]1[Fe]45321678[CH]2[CH]1[CH]6[CH]7[CH]28. The topological polar surface area (TPSA) is 0 Å². The number of hydrogen-bond acceptors (Lipinski definition) is 0. The molecule has 0 aliphatic carbocycles. The summed E-state index contributed by atoms with van der Waals surface area (Å²) in [5.74, 6) is 4.12. The summed E-state index contributed by atoms with van der Waals surface area (Å²) >= 11 is 0. The van der Waals surface area contributed by atoms with Crippen LogP contribution in [0.1, 0.15) is 0 Å². The molecule has 0 radical (unpaired) electrons. The van der Waals surface area contributed by atoms with Gasteiger partial charge in [0.1, 0.15) is 0 Å². The first-order valence-corrected chi connectivity index (χ1v) is 17.3. The van der Waals surface area contributed by atoms with Gasteiger partial charge in [-0.3, -0.25) is 0 Å². The Morgan fingerprint density at radius 2 is 1.29 bits per heavy atom. The van der Waals surface area contributed by atoms with Crippen molar-refractivity contribution in [3.05, 3.63) is 0 Å². The van der Waals surface area contributed by atoms with E-state index in [0.29, 0.717) is 0 Å². The molecule has 1 spiro atoms. The zero-order chi connectivity index (χ0) is 10.9. The van der Waals surface area contributed by atoms with E-state index in [2.05, 4.69) is 31.1 Å². The van der Waals surface area contributed by atoms with Gasteiger partial charge in [-0.25, -0.2) is 0 Å². The fraction of sp³-hybridized carbons (Fsp3) is 0.867. The molecule has 2 heteroatoms. The van der Waals surface area contributed by atoms with Crippen LogP contribution in [0.25, 0.3) is 0 Å². The van der Waals surface area contributed by atoms with E-state index in [1.165, 1.54) is 43.3 Å². The van der Waals surface area contributed by atoms with Crippen LogP contribution in [-0.2, 0) is 6.51 Å². The van der Waals surface area contributed by atoms with Crippen molar-refractivity contribution in [1.82, 2.24) is 0 Å². The first-order valence-electron chi connectivity index (χ1n) is 7.51. The second-order valence-corrected chi connectivity index (χ2v) is 40.5. The molecule has 10 heterocycles. The van der Waals surface area contributed by atoms with Crippen molar-refractivity contribution in [1.29, 1.82) is 0 Å². The third-order valence-corrected chi connectivity index (χ3v) is 58.4. The molecule has 10 aliphatic rings. The van der Waals surface area contributed by atoms with E-state index >= 15 is 0 Å². The molecule has 4 unspecified atom stereocenters. The predicted molar refractivity (Wildman–Crippen MR) is 67.6 cm³/mol. The van der Waals surface area contributed by atoms with E-state index in [9.17, 15) is 0 Å². The Hall–Kier alpha value is 0.296. The molecule has 0 aromatic rings. The Labute approximate surface area is 93.2 Å². The van der Waals surface area contributed by atoms with Crippen LogP contribution in [0.15, 0.2) is 0 Å². The van der Waals surface area contributed by atoms with Crippen molar-refractivity contribution in [2.75, 3.05) is 0 Å². The summed E-state index contributed by atoms with van der Waals surface area (Å²) in [6, 6.07) is 0. The van der Waals surface area contributed by atoms with Gasteiger partial charge in [-0.15, -0.1) is 0 Å². The molecule has 10 rings (SSSR count). The van der Waals surface area contributed by atoms with Crippen LogP contribution in [-0.4, -0.2) is 8.07 Å². The zero-order valence-corrected chi connectivity index (χ0v) is 12.7. The summed E-state index contributed by atoms with van der Waals surface area (Å²) in [4.78, 5) is 13.0. The van der Waals surface area contributed by atoms with Crippen molar-refractivity contribution in [3.63, 3.8) is 0 Å². The third-order valence-electron chi connectivity index (χ3n) is 15.3. The summed E-state index contributed by atoms with van der Waals surface area (Å²) in [7, 11) is -1.13. The molecule has 0 saturated carbocycles. The number of hydrogen-bond donors (Lipinski definition) is 0. The Bertz CT molecular complexity index is 968. The van der Waals surface area contributed by atoms with Gasteiger partial charge < -0.3 is 0 Å². The Balaban J connectivity index is 1.56. The molecule has 10 aliphatic heterocycles. The zero-order valence-electron chi connectivity index (χ0n) is 10.5. The van der Waals surface area contributed by atoms with Gasteiger partial charge in [-0.1, -0.05) is 0 Å². The molecule has 4 atom stereocenters. The predicted octanol–water partition coefficient (Wildman–Crippen LogP) is 4.63. The molecule has 10 fully saturated rings. The molecular formula is C15H18FeSi. The quantitative estimate of drug-likeness (QED) is 0.449. The number of rotatable bonds is 0. The summed E-state index contributed by atoms with van der Waals surface area (Å²) in [5.41, 5.74) is 3.87. The minimum atomic E-state index is -2.80. The van der Waals surface area contributed by atoms with Crippen LogP contribution in [0, 0.1) is 11.5 Å². The van der Waals surface area contributed by atoms with Gasteiger partial charge in [0.15, 0.2) is 0 Å². The molecule has 0 bridgehead atoms. The van der Waals surface area contributed by atoms with Gasteiger partial charge in [0.2, 0.25) is 0 Å². The van der Waals surface area contributed by atoms with E-state index in [1.54, 1.807) is 0 Å². The van der Waals surface area contributed by atoms with E-state index in [0.717, 1.165) is 4.31 Å². The second-order valence-electron chi connectivity index (χ2n) is 12.2. The van der Waals surface area contributed by atoms with E-state index in [-0.39, 0.29) is 0 Å². The van der Waals surface area contributed by atoms with Crippen LogP contribution in [0.4, 0.5) is 0 Å². The first-order chi connectivity index (χ1) is 7.75. The fourth-order valence-electron chi connectivity index (χ4n) is 16.8. The molecule has 0 aromatic carbocycles. The Kier molecular flexibility index (Phi) is 0.200. The molecule has 0 aromatic heterocycles. The Morgan fingerprint density at radius 3 is 1.53 bits per heavy atom. The molecule has 0 nitrogen and oxygen atoms in total. The van der Waals surface area contributed by atoms with Gasteiger partial charge in [-0.2, -0.15) is 0 Å². The van der Waals surface area contributed by atoms with E-state index in [1.807, 2.05) is 0 Å². The van der Waals surface area contributed by atoms with Gasteiger partial charge in [-0.05, 0) is 0 Å². The van der Waals surface area contributed by atoms with Gasteiger partial charge in [0.25, 0.3) is 0 Å². The summed E-state index contributed by atoms with van der Waals surface area (Å²) in [6.07, 6.45) is 0. The molecule has 0 amide bonds. The maximum atomic E-state index is 4.12. The maximum absolute atomic E-state index is 4.12. The Morgan fingerprint density at radius 1 is 0.824 bits per heavy atom. The van der Waals surface area contributed by atoms with Crippen LogP contribution < -0.4 is 0 Å². The van der Waals surface area contributed by atoms with E-state index < -0.39 is 14.6 Å². The molecule has 90 valence electrons. The normalized spacial score (nSPS) is 119. The molecule has 10 saturated heterocycles. The van der Waals surface area contributed by atoms with Crippen LogP contribution in [0.2, 0.25) is 67.3 Å². The van der Waals surface area contributed by atoms with Crippen LogP contribution in [0.3, 0.4) is 0 Å². The van der Waals surface area contributed by atoms with E-state index in [4.69, 9.17) is 0 Å². The van der Waals surface area contributed by atoms with Crippen molar-refractivity contribution in [2.45, 2.75) is 67.3 Å². The summed E-state index contributed by atoms with van der Waals surface area (Å²) in [6.45, 7) is 4.55. The first kappa shape index (κ1) is 6.64. The standard InChI is InChI=1S/C10H13Si.C5H5.Fe/c1-11(2,3)9-8-10-6-4-5-7-10;1-2-4-5-3-1;/h4-7H,1-3H3;1-5H;. The van der Waals surface area contributed by atoms with Crippen molar-refractivity contribution in [3.8, 4) is 11.5 Å². The second kappa shape index (κ2) is 0.512. The van der Waals surface area contributed by atoms with Crippen LogP contribution in [0.5, 0.6) is 0 Å². The third kappa shape index (κ3) is 0.0686. The van der Waals surface area contributed by atoms with Crippen LogP contribution >= 0.6 is 0 Å². The van der Waals surface area contributed by atoms with Gasteiger partial charge in [0.05, 0.1) is 0 Å². The average molecular weight is 282 g/mol. The van der Waals surface area contributed by atoms with Crippen molar-refractivity contribution < 1.29 is 6.51 Å². The minimum absolute atomic E-state index is 0.874. The van der Waals surface area contributed by atoms with Crippen molar-refractivity contribution >= 4 is 8.07 Å². The fourth-order valence-corrected chi connectivity index (χ4v) is 90.5. The summed E-state index contributed by atoms with van der Waals surface area (Å²) < 4.78 is 0.874. The van der Waals surface area contributed by atoms with Gasteiger partial charge >= 0.3 is 93.3 Å². The molecular weight excluding hydrogens is 264 g/mol. The van der Waals surface area contributed by atoms with Crippen molar-refractivity contribution in [2.24, 2.45) is 0 Å². The van der Waals surface area contributed by atoms with Gasteiger partial charge in [0, 0.05) is 0 Å². The average Bonchev–Trinajstić information content (AvgIpc) is 3.19.